The van der Waals surface area contributed by atoms with E-state index in [2.05, 4.69) is 26.0 Å². The SMILES string of the molecule is CC(C)c1ccc(OCCOc2ccccc2CN)cc1. The summed E-state index contributed by atoms with van der Waals surface area (Å²) >= 11 is 0. The van der Waals surface area contributed by atoms with Crippen LogP contribution in [0.4, 0.5) is 0 Å². The number of ether oxygens (including phenoxy) is 2. The van der Waals surface area contributed by atoms with Crippen molar-refractivity contribution in [2.75, 3.05) is 13.2 Å². The molecule has 2 rings (SSSR count). The molecule has 112 valence electrons. The Hall–Kier alpha value is -2.00. The summed E-state index contributed by atoms with van der Waals surface area (Å²) in [6, 6.07) is 16.0. The van der Waals surface area contributed by atoms with Crippen LogP contribution >= 0.6 is 0 Å². The van der Waals surface area contributed by atoms with E-state index in [1.807, 2.05) is 36.4 Å². The summed E-state index contributed by atoms with van der Waals surface area (Å²) < 4.78 is 11.4. The summed E-state index contributed by atoms with van der Waals surface area (Å²) in [5.74, 6) is 2.24. The lowest BCUT2D eigenvalue weighted by Crippen LogP contribution is -2.10. The highest BCUT2D eigenvalue weighted by Crippen LogP contribution is 2.19. The van der Waals surface area contributed by atoms with Crippen LogP contribution in [-0.4, -0.2) is 13.2 Å². The third-order valence-electron chi connectivity index (χ3n) is 3.35. The second kappa shape index (κ2) is 7.70. The Labute approximate surface area is 126 Å². The fourth-order valence-corrected chi connectivity index (χ4v) is 2.07. The first-order valence-corrected chi connectivity index (χ1v) is 7.34. The van der Waals surface area contributed by atoms with Crippen molar-refractivity contribution in [3.8, 4) is 11.5 Å². The average Bonchev–Trinajstić information content (AvgIpc) is 2.52. The molecule has 0 atom stereocenters. The van der Waals surface area contributed by atoms with E-state index in [1.54, 1.807) is 0 Å². The van der Waals surface area contributed by atoms with Gasteiger partial charge in [-0.15, -0.1) is 0 Å². The molecule has 2 aromatic carbocycles. The van der Waals surface area contributed by atoms with Gasteiger partial charge in [0.25, 0.3) is 0 Å². The maximum absolute atomic E-state index is 5.71. The van der Waals surface area contributed by atoms with Gasteiger partial charge in [0.05, 0.1) is 0 Å². The van der Waals surface area contributed by atoms with E-state index < -0.39 is 0 Å². The highest BCUT2D eigenvalue weighted by molar-refractivity contribution is 5.33. The number of para-hydroxylation sites is 1. The molecule has 0 unspecified atom stereocenters. The van der Waals surface area contributed by atoms with Crippen molar-refractivity contribution in [1.82, 2.24) is 0 Å². The summed E-state index contributed by atoms with van der Waals surface area (Å²) in [6.45, 7) is 5.85. The topological polar surface area (TPSA) is 44.5 Å². The second-order valence-corrected chi connectivity index (χ2v) is 5.23. The maximum Gasteiger partial charge on any atom is 0.123 e. The Morgan fingerprint density at radius 1 is 0.905 bits per heavy atom. The lowest BCUT2D eigenvalue weighted by molar-refractivity contribution is 0.216. The first kappa shape index (κ1) is 15.4. The van der Waals surface area contributed by atoms with Crippen LogP contribution < -0.4 is 15.2 Å². The van der Waals surface area contributed by atoms with E-state index >= 15 is 0 Å². The average molecular weight is 285 g/mol. The Kier molecular flexibility index (Phi) is 5.64. The number of hydrogen-bond donors (Lipinski definition) is 1. The molecule has 0 spiro atoms. The minimum atomic E-state index is 0.480. The first-order chi connectivity index (χ1) is 10.2. The van der Waals surface area contributed by atoms with Gasteiger partial charge in [0.15, 0.2) is 0 Å². The van der Waals surface area contributed by atoms with E-state index in [-0.39, 0.29) is 0 Å². The minimum absolute atomic E-state index is 0.480. The molecule has 0 bridgehead atoms. The molecule has 0 saturated heterocycles. The van der Waals surface area contributed by atoms with Crippen LogP contribution in [0.1, 0.15) is 30.9 Å². The van der Waals surface area contributed by atoms with Crippen molar-refractivity contribution in [3.63, 3.8) is 0 Å². The molecular weight excluding hydrogens is 262 g/mol. The number of hydrogen-bond acceptors (Lipinski definition) is 3. The van der Waals surface area contributed by atoms with Crippen LogP contribution in [0.15, 0.2) is 48.5 Å². The predicted molar refractivity (Wildman–Crippen MR) is 85.9 cm³/mol. The summed E-state index contributed by atoms with van der Waals surface area (Å²) in [6.07, 6.45) is 0. The smallest absolute Gasteiger partial charge is 0.123 e. The van der Waals surface area contributed by atoms with Gasteiger partial charge in [-0.2, -0.15) is 0 Å². The van der Waals surface area contributed by atoms with Gasteiger partial charge >= 0.3 is 0 Å². The number of benzene rings is 2. The molecule has 0 aliphatic heterocycles. The summed E-state index contributed by atoms with van der Waals surface area (Å²) in [5, 5.41) is 0. The van der Waals surface area contributed by atoms with Crippen LogP contribution in [0.2, 0.25) is 0 Å². The van der Waals surface area contributed by atoms with Crippen molar-refractivity contribution in [2.45, 2.75) is 26.3 Å². The largest absolute Gasteiger partial charge is 0.490 e. The van der Waals surface area contributed by atoms with Gasteiger partial charge in [-0.1, -0.05) is 44.2 Å². The molecule has 0 fully saturated rings. The second-order valence-electron chi connectivity index (χ2n) is 5.23. The van der Waals surface area contributed by atoms with Crippen molar-refractivity contribution >= 4 is 0 Å². The third kappa shape index (κ3) is 4.50. The van der Waals surface area contributed by atoms with Gasteiger partial charge < -0.3 is 15.2 Å². The van der Waals surface area contributed by atoms with E-state index in [4.69, 9.17) is 15.2 Å². The lowest BCUT2D eigenvalue weighted by Gasteiger charge is -2.12. The lowest BCUT2D eigenvalue weighted by atomic mass is 10.0. The molecule has 3 nitrogen and oxygen atoms in total. The molecule has 3 heteroatoms. The van der Waals surface area contributed by atoms with Crippen molar-refractivity contribution in [3.05, 3.63) is 59.7 Å². The van der Waals surface area contributed by atoms with Crippen LogP contribution in [0.5, 0.6) is 11.5 Å². The van der Waals surface area contributed by atoms with Crippen molar-refractivity contribution in [2.24, 2.45) is 5.73 Å². The summed E-state index contributed by atoms with van der Waals surface area (Å²) in [5.41, 5.74) is 8.00. The molecule has 0 aromatic heterocycles. The van der Waals surface area contributed by atoms with Gasteiger partial charge in [-0.3, -0.25) is 0 Å². The minimum Gasteiger partial charge on any atom is -0.490 e. The normalized spacial score (nSPS) is 10.7. The van der Waals surface area contributed by atoms with E-state index in [0.717, 1.165) is 17.1 Å². The Morgan fingerprint density at radius 3 is 2.24 bits per heavy atom. The van der Waals surface area contributed by atoms with E-state index in [9.17, 15) is 0 Å². The van der Waals surface area contributed by atoms with Crippen LogP contribution in [0, 0.1) is 0 Å². The zero-order valence-corrected chi connectivity index (χ0v) is 12.7. The van der Waals surface area contributed by atoms with Crippen molar-refractivity contribution < 1.29 is 9.47 Å². The number of nitrogens with two attached hydrogens (primary N) is 1. The summed E-state index contributed by atoms with van der Waals surface area (Å²) in [4.78, 5) is 0. The fourth-order valence-electron chi connectivity index (χ4n) is 2.07. The van der Waals surface area contributed by atoms with E-state index in [0.29, 0.717) is 25.7 Å². The first-order valence-electron chi connectivity index (χ1n) is 7.34. The fraction of sp³-hybridized carbons (Fsp3) is 0.333. The zero-order valence-electron chi connectivity index (χ0n) is 12.7. The predicted octanol–water partition coefficient (Wildman–Crippen LogP) is 3.73. The molecule has 2 aromatic rings. The molecule has 2 N–H and O–H groups in total. The molecule has 0 aliphatic rings. The van der Waals surface area contributed by atoms with Gasteiger partial charge in [0.1, 0.15) is 24.7 Å². The Morgan fingerprint density at radius 2 is 1.57 bits per heavy atom. The standard InChI is InChI=1S/C18H23NO2/c1-14(2)15-7-9-17(10-8-15)20-11-12-21-18-6-4-3-5-16(18)13-19/h3-10,14H,11-13,19H2,1-2H3. The molecule has 0 amide bonds. The molecule has 0 radical (unpaired) electrons. The molecular formula is C18H23NO2. The molecule has 21 heavy (non-hydrogen) atoms. The maximum atomic E-state index is 5.71. The van der Waals surface area contributed by atoms with Gasteiger partial charge in [0.2, 0.25) is 0 Å². The Bertz CT molecular complexity index is 549. The molecule has 0 saturated carbocycles. The van der Waals surface area contributed by atoms with Crippen molar-refractivity contribution in [1.29, 1.82) is 0 Å². The van der Waals surface area contributed by atoms with Crippen LogP contribution in [0.25, 0.3) is 0 Å². The van der Waals surface area contributed by atoms with Crippen LogP contribution in [0.3, 0.4) is 0 Å². The van der Waals surface area contributed by atoms with E-state index in [1.165, 1.54) is 5.56 Å². The molecule has 0 heterocycles. The zero-order chi connectivity index (χ0) is 15.1. The summed E-state index contributed by atoms with van der Waals surface area (Å²) in [7, 11) is 0. The third-order valence-corrected chi connectivity index (χ3v) is 3.35. The quantitative estimate of drug-likeness (QED) is 0.788. The number of rotatable bonds is 7. The van der Waals surface area contributed by atoms with Crippen LogP contribution in [-0.2, 0) is 6.54 Å². The monoisotopic (exact) mass is 285 g/mol. The van der Waals surface area contributed by atoms with Gasteiger partial charge in [0, 0.05) is 12.1 Å². The highest BCUT2D eigenvalue weighted by atomic mass is 16.5. The highest BCUT2D eigenvalue weighted by Gasteiger charge is 2.02. The van der Waals surface area contributed by atoms with Gasteiger partial charge in [-0.05, 0) is 29.7 Å². The molecule has 0 aliphatic carbocycles. The Balaban J connectivity index is 1.79. The van der Waals surface area contributed by atoms with Gasteiger partial charge in [-0.25, -0.2) is 0 Å².